The standard InChI is InChI=1S/C23H25FN2O3/c24-20-7-3-4-8-21(20)25-22(27)17-29-23(28)14-11-18-9-12-19(13-10-18)26-15-5-1-2-6-16-26/h3-4,7-14H,1-2,5-6,15-17H2,(H,25,27)/b14-11+. The van der Waals surface area contributed by atoms with E-state index in [1.54, 1.807) is 12.1 Å². The Labute approximate surface area is 170 Å². The van der Waals surface area contributed by atoms with E-state index in [-0.39, 0.29) is 5.69 Å². The molecular formula is C23H25FN2O3. The van der Waals surface area contributed by atoms with Crippen LogP contribution in [0, 0.1) is 5.82 Å². The Morgan fingerprint density at radius 2 is 1.69 bits per heavy atom. The van der Waals surface area contributed by atoms with Gasteiger partial charge < -0.3 is 15.0 Å². The predicted octanol–water partition coefficient (Wildman–Crippen LogP) is 4.40. The van der Waals surface area contributed by atoms with Crippen LogP contribution in [0.5, 0.6) is 0 Å². The number of para-hydroxylation sites is 1. The molecule has 0 spiro atoms. The number of esters is 1. The highest BCUT2D eigenvalue weighted by Gasteiger charge is 2.10. The van der Waals surface area contributed by atoms with E-state index in [2.05, 4.69) is 22.3 Å². The number of rotatable bonds is 6. The summed E-state index contributed by atoms with van der Waals surface area (Å²) in [6.07, 6.45) is 7.94. The van der Waals surface area contributed by atoms with Gasteiger partial charge >= 0.3 is 5.97 Å². The number of hydrogen-bond donors (Lipinski definition) is 1. The second-order valence-electron chi connectivity index (χ2n) is 6.96. The Balaban J connectivity index is 1.46. The van der Waals surface area contributed by atoms with E-state index in [4.69, 9.17) is 4.74 Å². The molecule has 1 amide bonds. The summed E-state index contributed by atoms with van der Waals surface area (Å²) in [5.41, 5.74) is 2.11. The van der Waals surface area contributed by atoms with Crippen molar-refractivity contribution in [3.63, 3.8) is 0 Å². The number of hydrogen-bond acceptors (Lipinski definition) is 4. The molecule has 0 aromatic heterocycles. The second kappa shape index (κ2) is 10.4. The third-order valence-corrected chi connectivity index (χ3v) is 4.77. The van der Waals surface area contributed by atoms with Crippen molar-refractivity contribution >= 4 is 29.3 Å². The molecule has 0 radical (unpaired) electrons. The van der Waals surface area contributed by atoms with Crippen LogP contribution in [0.1, 0.15) is 31.2 Å². The first-order valence-electron chi connectivity index (χ1n) is 9.86. The second-order valence-corrected chi connectivity index (χ2v) is 6.96. The summed E-state index contributed by atoms with van der Waals surface area (Å²) in [5, 5.41) is 2.36. The molecule has 1 heterocycles. The molecule has 3 rings (SSSR count). The van der Waals surface area contributed by atoms with Gasteiger partial charge in [0, 0.05) is 24.9 Å². The lowest BCUT2D eigenvalue weighted by Crippen LogP contribution is -2.23. The van der Waals surface area contributed by atoms with E-state index in [0.717, 1.165) is 18.7 Å². The number of halogens is 1. The molecule has 1 aliphatic heterocycles. The van der Waals surface area contributed by atoms with Crippen LogP contribution < -0.4 is 10.2 Å². The maximum absolute atomic E-state index is 13.5. The molecule has 0 atom stereocenters. The maximum Gasteiger partial charge on any atom is 0.331 e. The van der Waals surface area contributed by atoms with Crippen molar-refractivity contribution in [3.8, 4) is 0 Å². The van der Waals surface area contributed by atoms with Crippen molar-refractivity contribution in [2.45, 2.75) is 25.7 Å². The van der Waals surface area contributed by atoms with Crippen LogP contribution in [0.2, 0.25) is 0 Å². The highest BCUT2D eigenvalue weighted by molar-refractivity contribution is 5.94. The number of nitrogens with zero attached hydrogens (tertiary/aromatic N) is 1. The van der Waals surface area contributed by atoms with E-state index in [9.17, 15) is 14.0 Å². The van der Waals surface area contributed by atoms with E-state index >= 15 is 0 Å². The van der Waals surface area contributed by atoms with Crippen molar-refractivity contribution in [2.24, 2.45) is 0 Å². The van der Waals surface area contributed by atoms with Gasteiger partial charge in [-0.05, 0) is 48.7 Å². The molecule has 6 heteroatoms. The molecule has 29 heavy (non-hydrogen) atoms. The van der Waals surface area contributed by atoms with Crippen LogP contribution in [0.3, 0.4) is 0 Å². The fourth-order valence-electron chi connectivity index (χ4n) is 3.22. The van der Waals surface area contributed by atoms with Crippen molar-refractivity contribution in [1.29, 1.82) is 0 Å². The van der Waals surface area contributed by atoms with Gasteiger partial charge in [0.2, 0.25) is 0 Å². The van der Waals surface area contributed by atoms with Crippen LogP contribution in [0.25, 0.3) is 6.08 Å². The predicted molar refractivity (Wildman–Crippen MR) is 112 cm³/mol. The van der Waals surface area contributed by atoms with Gasteiger partial charge in [0.05, 0.1) is 5.69 Å². The van der Waals surface area contributed by atoms with Crippen LogP contribution in [0.4, 0.5) is 15.8 Å². The first-order chi connectivity index (χ1) is 14.1. The molecular weight excluding hydrogens is 371 g/mol. The average Bonchev–Trinajstić information content (AvgIpc) is 3.02. The molecule has 0 unspecified atom stereocenters. The van der Waals surface area contributed by atoms with Gasteiger partial charge in [-0.3, -0.25) is 4.79 Å². The van der Waals surface area contributed by atoms with Gasteiger partial charge in [0.15, 0.2) is 6.61 Å². The highest BCUT2D eigenvalue weighted by atomic mass is 19.1. The average molecular weight is 396 g/mol. The summed E-state index contributed by atoms with van der Waals surface area (Å²) in [5.74, 6) is -1.78. The Morgan fingerprint density at radius 1 is 1.00 bits per heavy atom. The van der Waals surface area contributed by atoms with E-state index in [1.165, 1.54) is 55.6 Å². The smallest absolute Gasteiger partial charge is 0.331 e. The summed E-state index contributed by atoms with van der Waals surface area (Å²) < 4.78 is 18.4. The van der Waals surface area contributed by atoms with Crippen molar-refractivity contribution < 1.29 is 18.7 Å². The molecule has 2 aromatic carbocycles. The van der Waals surface area contributed by atoms with E-state index in [0.29, 0.717) is 0 Å². The highest BCUT2D eigenvalue weighted by Crippen LogP contribution is 2.20. The van der Waals surface area contributed by atoms with Gasteiger partial charge in [-0.2, -0.15) is 0 Å². The van der Waals surface area contributed by atoms with Crippen LogP contribution in [0.15, 0.2) is 54.6 Å². The first-order valence-corrected chi connectivity index (χ1v) is 9.86. The minimum atomic E-state index is -0.634. The third-order valence-electron chi connectivity index (χ3n) is 4.77. The molecule has 2 aromatic rings. The van der Waals surface area contributed by atoms with Gasteiger partial charge in [0.25, 0.3) is 5.91 Å². The van der Waals surface area contributed by atoms with Crippen molar-refractivity contribution in [1.82, 2.24) is 0 Å². The topological polar surface area (TPSA) is 58.6 Å². The maximum atomic E-state index is 13.5. The zero-order valence-corrected chi connectivity index (χ0v) is 16.3. The fraction of sp³-hybridized carbons (Fsp3) is 0.304. The Hall–Kier alpha value is -3.15. The number of benzene rings is 2. The van der Waals surface area contributed by atoms with Crippen LogP contribution in [-0.2, 0) is 14.3 Å². The number of anilines is 2. The Morgan fingerprint density at radius 3 is 2.38 bits per heavy atom. The summed E-state index contributed by atoms with van der Waals surface area (Å²) in [7, 11) is 0. The number of carbonyl (C=O) groups excluding carboxylic acids is 2. The molecule has 1 fully saturated rings. The summed E-state index contributed by atoms with van der Waals surface area (Å²) in [6, 6.07) is 13.8. The molecule has 1 saturated heterocycles. The Bertz CT molecular complexity index is 857. The fourth-order valence-corrected chi connectivity index (χ4v) is 3.22. The molecule has 1 N–H and O–H groups in total. The Kier molecular flexibility index (Phi) is 7.39. The normalized spacial score (nSPS) is 14.4. The molecule has 152 valence electrons. The quantitative estimate of drug-likeness (QED) is 0.581. The molecule has 1 aliphatic rings. The largest absolute Gasteiger partial charge is 0.452 e. The molecule has 0 saturated carbocycles. The van der Waals surface area contributed by atoms with Gasteiger partial charge in [-0.1, -0.05) is 37.1 Å². The summed E-state index contributed by atoms with van der Waals surface area (Å²) in [6.45, 7) is 1.68. The minimum absolute atomic E-state index is 0.0496. The minimum Gasteiger partial charge on any atom is -0.452 e. The zero-order valence-electron chi connectivity index (χ0n) is 16.3. The monoisotopic (exact) mass is 396 g/mol. The van der Waals surface area contributed by atoms with Gasteiger partial charge in [-0.15, -0.1) is 0 Å². The molecule has 0 aliphatic carbocycles. The number of ether oxygens (including phenoxy) is 1. The summed E-state index contributed by atoms with van der Waals surface area (Å²) in [4.78, 5) is 26.0. The zero-order chi connectivity index (χ0) is 20.5. The van der Waals surface area contributed by atoms with Crippen LogP contribution in [-0.4, -0.2) is 31.6 Å². The number of carbonyl (C=O) groups is 2. The lowest BCUT2D eigenvalue weighted by atomic mass is 10.1. The number of amides is 1. The first kappa shape index (κ1) is 20.6. The SMILES string of the molecule is O=C(COC(=O)/C=C/c1ccc(N2CCCCCC2)cc1)Nc1ccccc1F. The summed E-state index contributed by atoms with van der Waals surface area (Å²) >= 11 is 0. The number of nitrogens with one attached hydrogen (secondary N) is 1. The lowest BCUT2D eigenvalue weighted by molar-refractivity contribution is -0.142. The lowest BCUT2D eigenvalue weighted by Gasteiger charge is -2.22. The van der Waals surface area contributed by atoms with Crippen molar-refractivity contribution in [3.05, 3.63) is 66.0 Å². The third kappa shape index (κ3) is 6.45. The van der Waals surface area contributed by atoms with Gasteiger partial charge in [0.1, 0.15) is 5.82 Å². The molecule has 0 bridgehead atoms. The van der Waals surface area contributed by atoms with E-state index in [1.807, 2.05) is 12.1 Å². The van der Waals surface area contributed by atoms with Crippen LogP contribution >= 0.6 is 0 Å². The van der Waals surface area contributed by atoms with Gasteiger partial charge in [-0.25, -0.2) is 9.18 Å². The van der Waals surface area contributed by atoms with Crippen molar-refractivity contribution in [2.75, 3.05) is 29.9 Å². The van der Waals surface area contributed by atoms with E-state index < -0.39 is 24.3 Å². The molecule has 5 nitrogen and oxygen atoms in total.